The summed E-state index contributed by atoms with van der Waals surface area (Å²) in [7, 11) is 1.73. The van der Waals surface area contributed by atoms with E-state index < -0.39 is 0 Å². The molecular formula is C11H20ClNO2. The van der Waals surface area contributed by atoms with E-state index in [1.165, 1.54) is 0 Å². The summed E-state index contributed by atoms with van der Waals surface area (Å²) in [6.07, 6.45) is 2.51. The lowest BCUT2D eigenvalue weighted by Gasteiger charge is -2.38. The molecule has 0 aromatic heterocycles. The molecular weight excluding hydrogens is 214 g/mol. The predicted octanol–water partition coefficient (Wildman–Crippen LogP) is 1.89. The fraction of sp³-hybridized carbons (Fsp3) is 0.909. The second-order valence-electron chi connectivity index (χ2n) is 4.56. The van der Waals surface area contributed by atoms with E-state index >= 15 is 0 Å². The number of hydrogen-bond donors (Lipinski definition) is 0. The monoisotopic (exact) mass is 233 g/mol. The Kier molecular flexibility index (Phi) is 4.87. The highest BCUT2D eigenvalue weighted by Gasteiger charge is 2.31. The number of piperidine rings is 1. The molecule has 0 aliphatic carbocycles. The third-order valence-electron chi connectivity index (χ3n) is 3.12. The van der Waals surface area contributed by atoms with Crippen molar-refractivity contribution < 1.29 is 9.53 Å². The predicted molar refractivity (Wildman–Crippen MR) is 61.1 cm³/mol. The number of amides is 1. The summed E-state index contributed by atoms with van der Waals surface area (Å²) in [5.41, 5.74) is 0.243. The Morgan fingerprint density at radius 2 is 2.07 bits per heavy atom. The van der Waals surface area contributed by atoms with Gasteiger partial charge in [0.05, 0.1) is 6.61 Å². The van der Waals surface area contributed by atoms with Gasteiger partial charge in [0.2, 0.25) is 5.91 Å². The van der Waals surface area contributed by atoms with E-state index in [-0.39, 0.29) is 11.3 Å². The van der Waals surface area contributed by atoms with E-state index in [1.54, 1.807) is 7.11 Å². The third-order valence-corrected chi connectivity index (χ3v) is 3.31. The Bertz CT molecular complexity index is 213. The van der Waals surface area contributed by atoms with Crippen LogP contribution in [0.4, 0.5) is 0 Å². The van der Waals surface area contributed by atoms with Gasteiger partial charge in [-0.05, 0) is 18.3 Å². The van der Waals surface area contributed by atoms with Gasteiger partial charge < -0.3 is 9.64 Å². The minimum absolute atomic E-state index is 0.185. The van der Waals surface area contributed by atoms with Crippen molar-refractivity contribution in [3.63, 3.8) is 0 Å². The minimum Gasteiger partial charge on any atom is -0.384 e. The largest absolute Gasteiger partial charge is 0.384 e. The van der Waals surface area contributed by atoms with Crippen LogP contribution in [0.2, 0.25) is 0 Å². The van der Waals surface area contributed by atoms with Crippen molar-refractivity contribution in [1.82, 2.24) is 4.90 Å². The molecule has 0 N–H and O–H groups in total. The number of carbonyl (C=O) groups is 1. The van der Waals surface area contributed by atoms with E-state index in [0.29, 0.717) is 12.3 Å². The summed E-state index contributed by atoms with van der Waals surface area (Å²) in [6.45, 7) is 4.69. The summed E-state index contributed by atoms with van der Waals surface area (Å²) < 4.78 is 5.20. The Hall–Kier alpha value is -0.280. The van der Waals surface area contributed by atoms with Crippen LogP contribution in [0.15, 0.2) is 0 Å². The molecule has 0 radical (unpaired) electrons. The van der Waals surface area contributed by atoms with Gasteiger partial charge in [-0.1, -0.05) is 6.92 Å². The van der Waals surface area contributed by atoms with Crippen LogP contribution in [-0.2, 0) is 9.53 Å². The number of ether oxygens (including phenoxy) is 1. The van der Waals surface area contributed by atoms with Gasteiger partial charge in [0.15, 0.2) is 0 Å². The highest BCUT2D eigenvalue weighted by Crippen LogP contribution is 2.31. The van der Waals surface area contributed by atoms with Crippen molar-refractivity contribution in [3.8, 4) is 0 Å². The van der Waals surface area contributed by atoms with Gasteiger partial charge in [-0.15, -0.1) is 11.6 Å². The van der Waals surface area contributed by atoms with E-state index in [4.69, 9.17) is 16.3 Å². The smallest absolute Gasteiger partial charge is 0.223 e. The lowest BCUT2D eigenvalue weighted by atomic mass is 9.81. The van der Waals surface area contributed by atoms with Gasteiger partial charge in [0.1, 0.15) is 0 Å². The maximum absolute atomic E-state index is 11.6. The Morgan fingerprint density at radius 3 is 2.53 bits per heavy atom. The number of likely N-dealkylation sites (tertiary alicyclic amines) is 1. The minimum atomic E-state index is 0.185. The molecule has 0 spiro atoms. The Labute approximate surface area is 96.7 Å². The van der Waals surface area contributed by atoms with Crippen LogP contribution in [0.5, 0.6) is 0 Å². The molecule has 0 saturated carbocycles. The zero-order chi connectivity index (χ0) is 11.3. The lowest BCUT2D eigenvalue weighted by Crippen LogP contribution is -2.43. The molecule has 88 valence electrons. The van der Waals surface area contributed by atoms with Gasteiger partial charge >= 0.3 is 0 Å². The van der Waals surface area contributed by atoms with Crippen molar-refractivity contribution in [2.75, 3.05) is 32.7 Å². The molecule has 4 heteroatoms. The fourth-order valence-electron chi connectivity index (χ4n) is 2.03. The Balaban J connectivity index is 2.38. The van der Waals surface area contributed by atoms with Gasteiger partial charge in [-0.2, -0.15) is 0 Å². The Morgan fingerprint density at radius 1 is 1.47 bits per heavy atom. The summed E-state index contributed by atoms with van der Waals surface area (Å²) >= 11 is 5.55. The zero-order valence-corrected chi connectivity index (χ0v) is 10.3. The van der Waals surface area contributed by atoms with Crippen LogP contribution in [0, 0.1) is 5.41 Å². The number of hydrogen-bond acceptors (Lipinski definition) is 2. The fourth-order valence-corrected chi connectivity index (χ4v) is 2.19. The molecule has 1 heterocycles. The first kappa shape index (κ1) is 12.8. The topological polar surface area (TPSA) is 29.5 Å². The van der Waals surface area contributed by atoms with Gasteiger partial charge in [0, 0.05) is 32.5 Å². The first-order chi connectivity index (χ1) is 7.11. The molecule has 1 saturated heterocycles. The average Bonchev–Trinajstić information content (AvgIpc) is 2.19. The molecule has 1 amide bonds. The van der Waals surface area contributed by atoms with Crippen molar-refractivity contribution in [2.45, 2.75) is 26.2 Å². The van der Waals surface area contributed by atoms with E-state index in [2.05, 4.69) is 6.92 Å². The SMILES string of the molecule is COCC1(C)CCN(C(=O)CCCl)CC1. The van der Waals surface area contributed by atoms with E-state index in [9.17, 15) is 4.79 Å². The summed E-state index contributed by atoms with van der Waals surface area (Å²) in [5.74, 6) is 0.606. The van der Waals surface area contributed by atoms with Crippen molar-refractivity contribution in [1.29, 1.82) is 0 Å². The van der Waals surface area contributed by atoms with Gasteiger partial charge in [0.25, 0.3) is 0 Å². The van der Waals surface area contributed by atoms with Crippen molar-refractivity contribution in [3.05, 3.63) is 0 Å². The average molecular weight is 234 g/mol. The first-order valence-corrected chi connectivity index (χ1v) is 5.97. The molecule has 1 rings (SSSR count). The van der Waals surface area contributed by atoms with E-state index in [1.807, 2.05) is 4.90 Å². The lowest BCUT2D eigenvalue weighted by molar-refractivity contribution is -0.133. The maximum Gasteiger partial charge on any atom is 0.223 e. The molecule has 0 atom stereocenters. The normalized spacial score (nSPS) is 20.3. The molecule has 1 fully saturated rings. The number of alkyl halides is 1. The second kappa shape index (κ2) is 5.71. The molecule has 15 heavy (non-hydrogen) atoms. The molecule has 0 aromatic carbocycles. The third kappa shape index (κ3) is 3.65. The number of halogens is 1. The molecule has 0 bridgehead atoms. The molecule has 3 nitrogen and oxygen atoms in total. The molecule has 1 aliphatic rings. The van der Waals surface area contributed by atoms with Crippen LogP contribution in [0.3, 0.4) is 0 Å². The highest BCUT2D eigenvalue weighted by atomic mass is 35.5. The summed E-state index contributed by atoms with van der Waals surface area (Å²) in [6, 6.07) is 0. The number of rotatable bonds is 4. The van der Waals surface area contributed by atoms with Gasteiger partial charge in [-0.3, -0.25) is 4.79 Å². The van der Waals surface area contributed by atoms with Gasteiger partial charge in [-0.25, -0.2) is 0 Å². The first-order valence-electron chi connectivity index (χ1n) is 5.44. The molecule has 0 unspecified atom stereocenters. The summed E-state index contributed by atoms with van der Waals surface area (Å²) in [4.78, 5) is 13.5. The zero-order valence-electron chi connectivity index (χ0n) is 9.59. The molecule has 1 aliphatic heterocycles. The molecule has 0 aromatic rings. The van der Waals surface area contributed by atoms with Crippen LogP contribution < -0.4 is 0 Å². The highest BCUT2D eigenvalue weighted by molar-refractivity contribution is 6.18. The summed E-state index contributed by atoms with van der Waals surface area (Å²) in [5, 5.41) is 0. The standard InChI is InChI=1S/C11H20ClNO2/c1-11(9-15-2)4-7-13(8-5-11)10(14)3-6-12/h3-9H2,1-2H3. The van der Waals surface area contributed by atoms with Crippen LogP contribution >= 0.6 is 11.6 Å². The quantitative estimate of drug-likeness (QED) is 0.694. The number of methoxy groups -OCH3 is 1. The van der Waals surface area contributed by atoms with Crippen molar-refractivity contribution in [2.24, 2.45) is 5.41 Å². The van der Waals surface area contributed by atoms with Crippen molar-refractivity contribution >= 4 is 17.5 Å². The number of carbonyl (C=O) groups excluding carboxylic acids is 1. The maximum atomic E-state index is 11.6. The van der Waals surface area contributed by atoms with E-state index in [0.717, 1.165) is 32.5 Å². The van der Waals surface area contributed by atoms with Crippen LogP contribution in [0.25, 0.3) is 0 Å². The number of nitrogens with zero attached hydrogens (tertiary/aromatic N) is 1. The second-order valence-corrected chi connectivity index (χ2v) is 4.94. The van der Waals surface area contributed by atoms with Crippen LogP contribution in [-0.4, -0.2) is 43.5 Å². The van der Waals surface area contributed by atoms with Crippen LogP contribution in [0.1, 0.15) is 26.2 Å².